The monoisotopic (exact) mass is 342 g/mol. The van der Waals surface area contributed by atoms with E-state index in [1.807, 2.05) is 0 Å². The molecule has 0 aromatic heterocycles. The van der Waals surface area contributed by atoms with Gasteiger partial charge in [0.1, 0.15) is 12.6 Å². The van der Waals surface area contributed by atoms with Gasteiger partial charge in [0.05, 0.1) is 7.11 Å². The molecule has 1 heterocycles. The molecule has 0 aliphatic carbocycles. The molecule has 1 rings (SSSR count). The summed E-state index contributed by atoms with van der Waals surface area (Å²) in [6.07, 6.45) is -0.101. The first-order valence-electron chi connectivity index (χ1n) is 7.07. The molecule has 0 aromatic rings. The van der Waals surface area contributed by atoms with Crippen LogP contribution in [-0.2, 0) is 33.5 Å². The summed E-state index contributed by atoms with van der Waals surface area (Å²) < 4.78 is 9.13. The topological polar surface area (TPSA) is 128 Å². The summed E-state index contributed by atoms with van der Waals surface area (Å²) in [4.78, 5) is 62.4. The largest absolute Gasteiger partial charge is 0.469 e. The molecule has 1 N–H and O–H groups in total. The molecule has 0 unspecified atom stereocenters. The Morgan fingerprint density at radius 1 is 1.29 bits per heavy atom. The lowest BCUT2D eigenvalue weighted by molar-refractivity contribution is -0.199. The molecule has 0 spiro atoms. The molecule has 24 heavy (non-hydrogen) atoms. The first-order chi connectivity index (χ1) is 11.4. The highest BCUT2D eigenvalue weighted by Gasteiger charge is 2.35. The van der Waals surface area contributed by atoms with Crippen LogP contribution < -0.4 is 5.32 Å². The summed E-state index contributed by atoms with van der Waals surface area (Å²) in [5, 5.41) is 2.55. The van der Waals surface area contributed by atoms with Crippen LogP contribution in [0.15, 0.2) is 12.7 Å². The van der Waals surface area contributed by atoms with Crippen molar-refractivity contribution in [3.8, 4) is 0 Å². The van der Waals surface area contributed by atoms with Gasteiger partial charge in [0.2, 0.25) is 0 Å². The highest BCUT2D eigenvalue weighted by Crippen LogP contribution is 2.13. The number of esters is 1. The van der Waals surface area contributed by atoms with Gasteiger partial charge in [0.15, 0.2) is 0 Å². The smallest absolute Gasteiger partial charge is 0.408 e. The Labute approximate surface area is 137 Å². The molecule has 0 aromatic carbocycles. The van der Waals surface area contributed by atoms with Crippen molar-refractivity contribution in [1.29, 1.82) is 0 Å². The molecule has 0 radical (unpaired) electrons. The van der Waals surface area contributed by atoms with Crippen LogP contribution >= 0.6 is 0 Å². The van der Waals surface area contributed by atoms with Crippen LogP contribution in [0.2, 0.25) is 0 Å². The van der Waals surface area contributed by atoms with Crippen molar-refractivity contribution in [2.45, 2.75) is 31.7 Å². The predicted molar refractivity (Wildman–Crippen MR) is 76.9 cm³/mol. The molecule has 1 atom stereocenters. The van der Waals surface area contributed by atoms with Gasteiger partial charge in [-0.2, -0.15) is 0 Å². The average Bonchev–Trinajstić information content (AvgIpc) is 2.87. The Bertz CT molecular complexity index is 529. The number of carbonyl (C=O) groups excluding carboxylic acids is 5. The normalized spacial score (nSPS) is 14.8. The highest BCUT2D eigenvalue weighted by molar-refractivity contribution is 6.01. The second kappa shape index (κ2) is 9.28. The Morgan fingerprint density at radius 3 is 2.46 bits per heavy atom. The van der Waals surface area contributed by atoms with E-state index >= 15 is 0 Å². The van der Waals surface area contributed by atoms with Crippen LogP contribution in [0.25, 0.3) is 0 Å². The number of hydrogen-bond donors (Lipinski definition) is 1. The van der Waals surface area contributed by atoms with Crippen LogP contribution in [0.4, 0.5) is 4.79 Å². The molecule has 3 amide bonds. The molecule has 132 valence electrons. The predicted octanol–water partition coefficient (Wildman–Crippen LogP) is -0.172. The van der Waals surface area contributed by atoms with Gasteiger partial charge in [0.25, 0.3) is 11.8 Å². The summed E-state index contributed by atoms with van der Waals surface area (Å²) >= 11 is 0. The van der Waals surface area contributed by atoms with Gasteiger partial charge in [-0.15, -0.1) is 5.06 Å². The average molecular weight is 342 g/mol. The van der Waals surface area contributed by atoms with E-state index in [4.69, 9.17) is 4.84 Å². The maximum absolute atomic E-state index is 12.1. The number of nitrogens with one attached hydrogen (secondary N) is 1. The zero-order chi connectivity index (χ0) is 18.1. The molecule has 10 heteroatoms. The lowest BCUT2D eigenvalue weighted by Gasteiger charge is -2.19. The minimum atomic E-state index is -1.30. The van der Waals surface area contributed by atoms with Crippen molar-refractivity contribution < 1.29 is 38.3 Å². The number of rotatable bonds is 8. The molecule has 0 bridgehead atoms. The minimum absolute atomic E-state index is 0.0618. The maximum Gasteiger partial charge on any atom is 0.408 e. The number of nitrogens with zero attached hydrogens (tertiary/aromatic N) is 1. The van der Waals surface area contributed by atoms with Crippen LogP contribution in [0.1, 0.15) is 25.7 Å². The van der Waals surface area contributed by atoms with Gasteiger partial charge in [-0.3, -0.25) is 14.4 Å². The molecule has 10 nitrogen and oxygen atoms in total. The fraction of sp³-hybridized carbons (Fsp3) is 0.500. The van der Waals surface area contributed by atoms with Gasteiger partial charge >= 0.3 is 18.0 Å². The lowest BCUT2D eigenvalue weighted by Crippen LogP contribution is -2.45. The van der Waals surface area contributed by atoms with E-state index in [1.165, 1.54) is 13.2 Å². The fourth-order valence-electron chi connectivity index (χ4n) is 1.74. The summed E-state index contributed by atoms with van der Waals surface area (Å²) in [6.45, 7) is 3.27. The van der Waals surface area contributed by atoms with Crippen molar-refractivity contribution in [3.05, 3.63) is 12.7 Å². The van der Waals surface area contributed by atoms with Crippen LogP contribution in [0.3, 0.4) is 0 Å². The molecular formula is C14H18N2O8. The zero-order valence-corrected chi connectivity index (χ0v) is 13.1. The first-order valence-corrected chi connectivity index (χ1v) is 7.07. The van der Waals surface area contributed by atoms with Crippen LogP contribution in [0, 0.1) is 0 Å². The number of alkyl carbamates (subject to hydrolysis) is 1. The Morgan fingerprint density at radius 2 is 1.92 bits per heavy atom. The highest BCUT2D eigenvalue weighted by atomic mass is 16.7. The summed E-state index contributed by atoms with van der Waals surface area (Å²) in [7, 11) is 1.17. The van der Waals surface area contributed by atoms with E-state index < -0.39 is 35.9 Å². The van der Waals surface area contributed by atoms with Gasteiger partial charge in [-0.05, 0) is 6.42 Å². The lowest BCUT2D eigenvalue weighted by atomic mass is 10.1. The van der Waals surface area contributed by atoms with Crippen LogP contribution in [-0.4, -0.2) is 54.7 Å². The van der Waals surface area contributed by atoms with E-state index in [9.17, 15) is 24.0 Å². The van der Waals surface area contributed by atoms with Crippen molar-refractivity contribution in [2.75, 3.05) is 13.7 Å². The number of methoxy groups -OCH3 is 1. The maximum atomic E-state index is 12.1. The number of amides is 3. The van der Waals surface area contributed by atoms with Crippen molar-refractivity contribution in [2.24, 2.45) is 0 Å². The summed E-state index contributed by atoms with van der Waals surface area (Å²) in [5.41, 5.74) is 0. The van der Waals surface area contributed by atoms with Gasteiger partial charge in [-0.25, -0.2) is 9.59 Å². The van der Waals surface area contributed by atoms with Gasteiger partial charge in [0, 0.05) is 19.3 Å². The zero-order valence-electron chi connectivity index (χ0n) is 13.1. The standard InChI is InChI=1S/C14H18N2O8/c1-3-8-23-14(21)15-9(4-7-12(19)22-2)13(20)24-16-10(17)5-6-11(16)18/h3,9H,1,4-8H2,2H3,(H,15,21)/t9-/m0/s1. The second-order valence-electron chi connectivity index (χ2n) is 4.69. The SMILES string of the molecule is C=CCOC(=O)N[C@@H](CCC(=O)OC)C(=O)ON1C(=O)CCC1=O. The Hall–Kier alpha value is -2.91. The number of ether oxygens (including phenoxy) is 2. The molecular weight excluding hydrogens is 324 g/mol. The van der Waals surface area contributed by atoms with Crippen molar-refractivity contribution >= 4 is 29.8 Å². The van der Waals surface area contributed by atoms with E-state index in [0.717, 1.165) is 0 Å². The molecule has 0 saturated carbocycles. The second-order valence-corrected chi connectivity index (χ2v) is 4.69. The number of carbonyl (C=O) groups is 5. The third-order valence-corrected chi connectivity index (χ3v) is 2.96. The quantitative estimate of drug-likeness (QED) is 0.366. The number of hydrogen-bond acceptors (Lipinski definition) is 8. The minimum Gasteiger partial charge on any atom is -0.469 e. The summed E-state index contributed by atoms with van der Waals surface area (Å²) in [5.74, 6) is -3.00. The van der Waals surface area contributed by atoms with Crippen molar-refractivity contribution in [1.82, 2.24) is 10.4 Å². The number of imide groups is 1. The molecule has 1 aliphatic heterocycles. The van der Waals surface area contributed by atoms with E-state index in [1.54, 1.807) is 0 Å². The van der Waals surface area contributed by atoms with Crippen LogP contribution in [0.5, 0.6) is 0 Å². The Kier molecular flexibility index (Phi) is 7.40. The van der Waals surface area contributed by atoms with Gasteiger partial charge < -0.3 is 19.6 Å². The third-order valence-electron chi connectivity index (χ3n) is 2.96. The molecule has 1 aliphatic rings. The van der Waals surface area contributed by atoms with E-state index in [-0.39, 0.29) is 32.3 Å². The first kappa shape index (κ1) is 19.1. The van der Waals surface area contributed by atoms with Gasteiger partial charge in [-0.1, -0.05) is 12.7 Å². The third kappa shape index (κ3) is 5.71. The molecule has 1 fully saturated rings. The Balaban J connectivity index is 2.70. The molecule has 1 saturated heterocycles. The van der Waals surface area contributed by atoms with E-state index in [2.05, 4.69) is 21.4 Å². The number of hydroxylamine groups is 2. The van der Waals surface area contributed by atoms with E-state index in [0.29, 0.717) is 5.06 Å². The van der Waals surface area contributed by atoms with Crippen molar-refractivity contribution in [3.63, 3.8) is 0 Å². The summed E-state index contributed by atoms with van der Waals surface area (Å²) in [6, 6.07) is -1.30. The fourth-order valence-corrected chi connectivity index (χ4v) is 1.74.